The van der Waals surface area contributed by atoms with Crippen LogP contribution in [0.25, 0.3) is 0 Å². The van der Waals surface area contributed by atoms with Crippen molar-refractivity contribution in [2.75, 3.05) is 6.54 Å². The van der Waals surface area contributed by atoms with E-state index < -0.39 is 0 Å². The molecule has 0 saturated heterocycles. The van der Waals surface area contributed by atoms with Crippen molar-refractivity contribution < 1.29 is 0 Å². The second-order valence-electron chi connectivity index (χ2n) is 5.25. The molecule has 2 rings (SSSR count). The van der Waals surface area contributed by atoms with Crippen LogP contribution >= 0.6 is 34.5 Å². The molecular weight excluding hydrogens is 285 g/mol. The Labute approximate surface area is 124 Å². The summed E-state index contributed by atoms with van der Waals surface area (Å²) < 4.78 is 1.59. The summed E-state index contributed by atoms with van der Waals surface area (Å²) in [6.45, 7) is 3.24. The highest BCUT2D eigenvalue weighted by atomic mass is 35.5. The molecule has 1 fully saturated rings. The minimum atomic E-state index is 0.296. The minimum Gasteiger partial charge on any atom is -0.310 e. The summed E-state index contributed by atoms with van der Waals surface area (Å²) in [4.78, 5) is 0. The van der Waals surface area contributed by atoms with E-state index in [1.165, 1.54) is 49.9 Å². The van der Waals surface area contributed by atoms with E-state index in [0.717, 1.165) is 26.7 Å². The quantitative estimate of drug-likeness (QED) is 0.738. The van der Waals surface area contributed by atoms with Crippen LogP contribution in [-0.4, -0.2) is 6.54 Å². The lowest BCUT2D eigenvalue weighted by Crippen LogP contribution is -2.22. The van der Waals surface area contributed by atoms with E-state index in [1.807, 2.05) is 6.07 Å². The maximum atomic E-state index is 6.16. The van der Waals surface area contributed by atoms with Crippen molar-refractivity contribution in [3.8, 4) is 0 Å². The number of hydrogen-bond acceptors (Lipinski definition) is 2. The van der Waals surface area contributed by atoms with Gasteiger partial charge in [-0.2, -0.15) is 0 Å². The van der Waals surface area contributed by atoms with Crippen LogP contribution in [0.2, 0.25) is 8.67 Å². The van der Waals surface area contributed by atoms with Gasteiger partial charge in [0.1, 0.15) is 0 Å². The molecule has 1 saturated carbocycles. The first kappa shape index (κ1) is 14.6. The van der Waals surface area contributed by atoms with Gasteiger partial charge in [-0.1, -0.05) is 55.3 Å². The van der Waals surface area contributed by atoms with E-state index in [0.29, 0.717) is 6.04 Å². The van der Waals surface area contributed by atoms with Crippen LogP contribution in [0.1, 0.15) is 57.1 Å². The van der Waals surface area contributed by atoms with Crippen molar-refractivity contribution in [3.05, 3.63) is 20.3 Å². The van der Waals surface area contributed by atoms with Crippen molar-refractivity contribution in [3.63, 3.8) is 0 Å². The third-order valence-corrected chi connectivity index (χ3v) is 5.40. The lowest BCUT2D eigenvalue weighted by Gasteiger charge is -2.22. The van der Waals surface area contributed by atoms with Crippen molar-refractivity contribution in [2.45, 2.75) is 51.5 Å². The van der Waals surface area contributed by atoms with Gasteiger partial charge in [0.15, 0.2) is 0 Å². The Hall–Kier alpha value is 0.240. The Kier molecular flexibility index (Phi) is 5.81. The van der Waals surface area contributed by atoms with Gasteiger partial charge in [0.2, 0.25) is 0 Å². The molecule has 1 aromatic rings. The first-order valence-corrected chi connectivity index (χ1v) is 8.42. The normalized spacial score (nSPS) is 19.1. The highest BCUT2D eigenvalue weighted by Gasteiger charge is 2.15. The van der Waals surface area contributed by atoms with Gasteiger partial charge in [0.05, 0.1) is 8.67 Å². The fraction of sp³-hybridized carbons (Fsp3) is 0.714. The molecule has 1 aliphatic carbocycles. The summed E-state index contributed by atoms with van der Waals surface area (Å²) in [5, 5.41) is 3.56. The van der Waals surface area contributed by atoms with Gasteiger partial charge in [0, 0.05) is 6.04 Å². The van der Waals surface area contributed by atoms with E-state index >= 15 is 0 Å². The van der Waals surface area contributed by atoms with E-state index in [9.17, 15) is 0 Å². The Balaban J connectivity index is 1.74. The van der Waals surface area contributed by atoms with Gasteiger partial charge in [-0.25, -0.2) is 0 Å². The Morgan fingerprint density at radius 3 is 2.67 bits per heavy atom. The molecule has 4 heteroatoms. The molecule has 0 amide bonds. The Morgan fingerprint density at radius 1 is 1.33 bits per heavy atom. The van der Waals surface area contributed by atoms with E-state index in [1.54, 1.807) is 0 Å². The molecule has 0 spiro atoms. The van der Waals surface area contributed by atoms with Gasteiger partial charge < -0.3 is 5.32 Å². The number of nitrogens with one attached hydrogen (secondary N) is 1. The van der Waals surface area contributed by atoms with Gasteiger partial charge in [-0.15, -0.1) is 11.3 Å². The zero-order valence-electron chi connectivity index (χ0n) is 10.8. The molecule has 0 aromatic carbocycles. The van der Waals surface area contributed by atoms with E-state index in [-0.39, 0.29) is 0 Å². The zero-order valence-corrected chi connectivity index (χ0v) is 13.2. The fourth-order valence-corrected chi connectivity index (χ4v) is 4.38. The number of hydrogen-bond donors (Lipinski definition) is 1. The van der Waals surface area contributed by atoms with Crippen LogP contribution in [0.4, 0.5) is 0 Å². The standard InChI is InChI=1S/C14H21Cl2NS/c1-10(12-9-13(15)18-14(12)16)17-8-7-11-5-3-2-4-6-11/h9-11,17H,2-8H2,1H3. The molecule has 0 bridgehead atoms. The van der Waals surface area contributed by atoms with Crippen LogP contribution in [0.15, 0.2) is 6.07 Å². The minimum absolute atomic E-state index is 0.296. The maximum absolute atomic E-state index is 6.16. The third kappa shape index (κ3) is 4.12. The number of rotatable bonds is 5. The fourth-order valence-electron chi connectivity index (χ4n) is 2.74. The van der Waals surface area contributed by atoms with E-state index in [4.69, 9.17) is 23.2 Å². The molecule has 1 aromatic heterocycles. The molecule has 18 heavy (non-hydrogen) atoms. The smallest absolute Gasteiger partial charge is 0.0991 e. The lowest BCUT2D eigenvalue weighted by molar-refractivity contribution is 0.329. The van der Waals surface area contributed by atoms with Crippen LogP contribution in [0, 0.1) is 5.92 Å². The average Bonchev–Trinajstić information content (AvgIpc) is 2.70. The van der Waals surface area contributed by atoms with Crippen molar-refractivity contribution >= 4 is 34.5 Å². The summed E-state index contributed by atoms with van der Waals surface area (Å²) in [6.07, 6.45) is 8.41. The molecule has 102 valence electrons. The van der Waals surface area contributed by atoms with Crippen LogP contribution in [0.5, 0.6) is 0 Å². The summed E-state index contributed by atoms with van der Waals surface area (Å²) >= 11 is 13.6. The van der Waals surface area contributed by atoms with Gasteiger partial charge in [0.25, 0.3) is 0 Å². The second-order valence-corrected chi connectivity index (χ2v) is 7.53. The first-order chi connectivity index (χ1) is 8.66. The number of halogens is 2. The average molecular weight is 306 g/mol. The highest BCUT2D eigenvalue weighted by Crippen LogP contribution is 2.35. The summed E-state index contributed by atoms with van der Waals surface area (Å²) in [6, 6.07) is 2.28. The Morgan fingerprint density at radius 2 is 2.06 bits per heavy atom. The third-order valence-electron chi connectivity index (χ3n) is 3.88. The van der Waals surface area contributed by atoms with Gasteiger partial charge in [-0.05, 0) is 37.4 Å². The summed E-state index contributed by atoms with van der Waals surface area (Å²) in [7, 11) is 0. The number of thiophene rings is 1. The van der Waals surface area contributed by atoms with Crippen LogP contribution in [-0.2, 0) is 0 Å². The van der Waals surface area contributed by atoms with Crippen LogP contribution in [0.3, 0.4) is 0 Å². The van der Waals surface area contributed by atoms with Crippen molar-refractivity contribution in [2.24, 2.45) is 5.92 Å². The molecule has 1 nitrogen and oxygen atoms in total. The van der Waals surface area contributed by atoms with E-state index in [2.05, 4.69) is 12.2 Å². The predicted molar refractivity (Wildman–Crippen MR) is 81.9 cm³/mol. The SMILES string of the molecule is CC(NCCC1CCCCC1)c1cc(Cl)sc1Cl. The molecular formula is C14H21Cl2NS. The topological polar surface area (TPSA) is 12.0 Å². The zero-order chi connectivity index (χ0) is 13.0. The highest BCUT2D eigenvalue weighted by molar-refractivity contribution is 7.20. The van der Waals surface area contributed by atoms with Crippen molar-refractivity contribution in [1.29, 1.82) is 0 Å². The molecule has 1 atom stereocenters. The van der Waals surface area contributed by atoms with Crippen molar-refractivity contribution in [1.82, 2.24) is 5.32 Å². The monoisotopic (exact) mass is 305 g/mol. The molecule has 1 aliphatic rings. The summed E-state index contributed by atoms with van der Waals surface area (Å²) in [5.41, 5.74) is 1.13. The largest absolute Gasteiger partial charge is 0.310 e. The molecule has 0 radical (unpaired) electrons. The lowest BCUT2D eigenvalue weighted by atomic mass is 9.87. The predicted octanol–water partition coefficient (Wildman–Crippen LogP) is 5.68. The second kappa shape index (κ2) is 7.14. The molecule has 1 heterocycles. The van der Waals surface area contributed by atoms with Gasteiger partial charge in [-0.3, -0.25) is 0 Å². The van der Waals surface area contributed by atoms with Gasteiger partial charge >= 0.3 is 0 Å². The maximum Gasteiger partial charge on any atom is 0.0991 e. The Bertz CT molecular complexity index is 372. The molecule has 0 aliphatic heterocycles. The first-order valence-electron chi connectivity index (χ1n) is 6.85. The summed E-state index contributed by atoms with van der Waals surface area (Å²) in [5.74, 6) is 0.931. The molecule has 1 unspecified atom stereocenters. The van der Waals surface area contributed by atoms with Crippen LogP contribution < -0.4 is 5.32 Å². The molecule has 1 N–H and O–H groups in total.